The SMILES string of the molecule is CC(=O)Nc1cc(N)ccc1N=Nc1cc(S(=O)(=O)O)c2cc(C)cc(S(=O)(=O)O)c2c1. The monoisotopic (exact) mass is 478 g/mol. The van der Waals surface area contributed by atoms with Gasteiger partial charge in [-0.25, -0.2) is 0 Å². The molecule has 0 unspecified atom stereocenters. The molecule has 0 aliphatic heterocycles. The van der Waals surface area contributed by atoms with Crippen LogP contribution in [0.5, 0.6) is 0 Å². The van der Waals surface area contributed by atoms with Crippen LogP contribution in [0.1, 0.15) is 12.5 Å². The average Bonchev–Trinajstić information content (AvgIpc) is 2.64. The van der Waals surface area contributed by atoms with Crippen LogP contribution in [0.2, 0.25) is 0 Å². The number of nitrogens with zero attached hydrogens (tertiary/aromatic N) is 2. The highest BCUT2D eigenvalue weighted by Gasteiger charge is 2.22. The molecule has 0 saturated heterocycles. The molecule has 0 aromatic heterocycles. The first-order valence-electron chi connectivity index (χ1n) is 8.88. The van der Waals surface area contributed by atoms with Gasteiger partial charge in [0.2, 0.25) is 5.91 Å². The van der Waals surface area contributed by atoms with Crippen molar-refractivity contribution in [2.75, 3.05) is 11.1 Å². The van der Waals surface area contributed by atoms with Crippen molar-refractivity contribution in [3.8, 4) is 0 Å². The second-order valence-corrected chi connectivity index (χ2v) is 9.69. The van der Waals surface area contributed by atoms with Gasteiger partial charge in [0.15, 0.2) is 0 Å². The lowest BCUT2D eigenvalue weighted by Crippen LogP contribution is -2.06. The van der Waals surface area contributed by atoms with Crippen molar-refractivity contribution in [2.24, 2.45) is 10.2 Å². The quantitative estimate of drug-likeness (QED) is 0.243. The number of rotatable bonds is 5. The molecule has 168 valence electrons. The topological polar surface area (TPSA) is 189 Å². The third-order valence-electron chi connectivity index (χ3n) is 4.28. The van der Waals surface area contributed by atoms with Crippen LogP contribution in [0.4, 0.5) is 22.7 Å². The fraction of sp³-hybridized carbons (Fsp3) is 0.105. The van der Waals surface area contributed by atoms with E-state index in [4.69, 9.17) is 5.73 Å². The van der Waals surface area contributed by atoms with Crippen LogP contribution < -0.4 is 11.1 Å². The van der Waals surface area contributed by atoms with E-state index in [1.54, 1.807) is 0 Å². The molecule has 0 bridgehead atoms. The van der Waals surface area contributed by atoms with Crippen LogP contribution in [-0.4, -0.2) is 31.8 Å². The van der Waals surface area contributed by atoms with Crippen LogP contribution in [0, 0.1) is 6.92 Å². The maximum atomic E-state index is 12.0. The molecule has 0 aliphatic carbocycles. The van der Waals surface area contributed by atoms with Crippen molar-refractivity contribution in [3.05, 3.63) is 48.0 Å². The highest BCUT2D eigenvalue weighted by Crippen LogP contribution is 2.35. The first-order chi connectivity index (χ1) is 14.8. The van der Waals surface area contributed by atoms with E-state index in [0.29, 0.717) is 11.3 Å². The van der Waals surface area contributed by atoms with Crippen molar-refractivity contribution in [3.63, 3.8) is 0 Å². The highest BCUT2D eigenvalue weighted by atomic mass is 32.2. The first-order valence-corrected chi connectivity index (χ1v) is 11.8. The zero-order valence-electron chi connectivity index (χ0n) is 16.8. The van der Waals surface area contributed by atoms with Gasteiger partial charge in [-0.3, -0.25) is 13.9 Å². The molecule has 11 nitrogen and oxygen atoms in total. The molecule has 0 fully saturated rings. The Morgan fingerprint density at radius 3 is 2.09 bits per heavy atom. The molecule has 5 N–H and O–H groups in total. The number of benzene rings is 3. The van der Waals surface area contributed by atoms with Gasteiger partial charge in [-0.1, -0.05) is 0 Å². The number of anilines is 2. The molecular formula is C19H18N4O7S2. The maximum absolute atomic E-state index is 12.0. The van der Waals surface area contributed by atoms with E-state index in [2.05, 4.69) is 15.5 Å². The summed E-state index contributed by atoms with van der Waals surface area (Å²) in [6.45, 7) is 2.78. The molecular weight excluding hydrogens is 460 g/mol. The summed E-state index contributed by atoms with van der Waals surface area (Å²) in [5.41, 5.74) is 6.69. The molecule has 3 aromatic carbocycles. The molecule has 0 heterocycles. The predicted octanol–water partition coefficient (Wildman–Crippen LogP) is 3.60. The minimum absolute atomic E-state index is 0.120. The largest absolute Gasteiger partial charge is 0.399 e. The van der Waals surface area contributed by atoms with Crippen molar-refractivity contribution < 1.29 is 30.7 Å². The molecule has 0 radical (unpaired) electrons. The molecule has 1 amide bonds. The number of carbonyl (C=O) groups is 1. The molecule has 32 heavy (non-hydrogen) atoms. The highest BCUT2D eigenvalue weighted by molar-refractivity contribution is 7.86. The van der Waals surface area contributed by atoms with Gasteiger partial charge in [0.25, 0.3) is 20.2 Å². The number of azo groups is 1. The van der Waals surface area contributed by atoms with Crippen molar-refractivity contribution in [1.29, 1.82) is 0 Å². The summed E-state index contributed by atoms with van der Waals surface area (Å²) < 4.78 is 67.0. The summed E-state index contributed by atoms with van der Waals surface area (Å²) in [5, 5.41) is 10.1. The van der Waals surface area contributed by atoms with Gasteiger partial charge in [0.1, 0.15) is 15.5 Å². The Morgan fingerprint density at radius 2 is 1.50 bits per heavy atom. The van der Waals surface area contributed by atoms with Crippen LogP contribution >= 0.6 is 0 Å². The van der Waals surface area contributed by atoms with Gasteiger partial charge < -0.3 is 11.1 Å². The van der Waals surface area contributed by atoms with Crippen LogP contribution in [0.15, 0.2) is 62.5 Å². The summed E-state index contributed by atoms with van der Waals surface area (Å²) in [6.07, 6.45) is 0. The zero-order chi connectivity index (χ0) is 23.8. The Labute approximate surface area is 183 Å². The maximum Gasteiger partial charge on any atom is 0.295 e. The third-order valence-corrected chi connectivity index (χ3v) is 6.07. The van der Waals surface area contributed by atoms with E-state index < -0.39 is 30.0 Å². The van der Waals surface area contributed by atoms with Crippen molar-refractivity contribution in [1.82, 2.24) is 0 Å². The number of nitrogens with one attached hydrogen (secondary N) is 1. The second kappa shape index (κ2) is 8.27. The van der Waals surface area contributed by atoms with Crippen LogP contribution in [0.3, 0.4) is 0 Å². The number of aryl methyl sites for hydroxylation is 1. The number of amides is 1. The standard InChI is InChI=1S/C19H18N4O7S2/c1-10-5-14-15(18(6-10)31(25,26)27)8-13(9-19(14)32(28,29)30)22-23-16-4-3-12(20)7-17(16)21-11(2)24/h3-9H,20H2,1-2H3,(H,21,24)(H,25,26,27)(H,28,29,30). The normalized spacial score (nSPS) is 12.4. The van der Waals surface area contributed by atoms with Gasteiger partial charge in [0, 0.05) is 23.4 Å². The fourth-order valence-electron chi connectivity index (χ4n) is 3.05. The molecule has 0 aliphatic rings. The summed E-state index contributed by atoms with van der Waals surface area (Å²) in [7, 11) is -9.53. The minimum atomic E-state index is -4.80. The van der Waals surface area contributed by atoms with E-state index in [0.717, 1.165) is 12.1 Å². The lowest BCUT2D eigenvalue weighted by molar-refractivity contribution is -0.114. The average molecular weight is 479 g/mol. The van der Waals surface area contributed by atoms with E-state index in [9.17, 15) is 30.7 Å². The van der Waals surface area contributed by atoms with E-state index in [1.165, 1.54) is 44.2 Å². The minimum Gasteiger partial charge on any atom is -0.399 e. The van der Waals surface area contributed by atoms with Gasteiger partial charge >= 0.3 is 0 Å². The Bertz CT molecular complexity index is 1500. The number of hydrogen-bond acceptors (Lipinski definition) is 8. The summed E-state index contributed by atoms with van der Waals surface area (Å²) in [6, 6.07) is 9.11. The Hall–Kier alpha value is -3.39. The Morgan fingerprint density at radius 1 is 0.906 bits per heavy atom. The van der Waals surface area contributed by atoms with E-state index in [-0.39, 0.29) is 33.7 Å². The Kier molecular flexibility index (Phi) is 6.02. The second-order valence-electron chi connectivity index (χ2n) is 6.91. The fourth-order valence-corrected chi connectivity index (χ4v) is 4.54. The Balaban J connectivity index is 2.27. The first kappa shape index (κ1) is 23.3. The van der Waals surface area contributed by atoms with Crippen LogP contribution in [-0.2, 0) is 25.0 Å². The molecule has 13 heteroatoms. The number of nitrogens with two attached hydrogens (primary N) is 1. The van der Waals surface area contributed by atoms with Gasteiger partial charge in [-0.15, -0.1) is 5.11 Å². The van der Waals surface area contributed by atoms with Crippen molar-refractivity contribution >= 4 is 59.7 Å². The number of nitrogen functional groups attached to an aromatic ring is 1. The third kappa shape index (κ3) is 5.08. The molecule has 0 saturated carbocycles. The van der Waals surface area contributed by atoms with E-state index >= 15 is 0 Å². The van der Waals surface area contributed by atoms with Gasteiger partial charge in [0.05, 0.1) is 11.4 Å². The number of hydrogen-bond donors (Lipinski definition) is 4. The van der Waals surface area contributed by atoms with Gasteiger partial charge in [-0.2, -0.15) is 21.9 Å². The molecule has 0 atom stereocenters. The van der Waals surface area contributed by atoms with Gasteiger partial charge in [-0.05, 0) is 55.0 Å². The lowest BCUT2D eigenvalue weighted by Gasteiger charge is -2.10. The number of fused-ring (bicyclic) bond motifs is 1. The lowest BCUT2D eigenvalue weighted by atomic mass is 10.1. The summed E-state index contributed by atoms with van der Waals surface area (Å²) >= 11 is 0. The predicted molar refractivity (Wildman–Crippen MR) is 118 cm³/mol. The smallest absolute Gasteiger partial charge is 0.295 e. The zero-order valence-corrected chi connectivity index (χ0v) is 18.4. The summed E-state index contributed by atoms with van der Waals surface area (Å²) in [4.78, 5) is 10.2. The molecule has 0 spiro atoms. The van der Waals surface area contributed by atoms with Crippen LogP contribution in [0.25, 0.3) is 10.8 Å². The van der Waals surface area contributed by atoms with E-state index in [1.807, 2.05) is 0 Å². The molecule has 3 aromatic rings. The number of carbonyl (C=O) groups excluding carboxylic acids is 1. The molecule has 3 rings (SSSR count). The summed E-state index contributed by atoms with van der Waals surface area (Å²) in [5.74, 6) is -0.389. The van der Waals surface area contributed by atoms with Crippen molar-refractivity contribution in [2.45, 2.75) is 23.6 Å².